The van der Waals surface area contributed by atoms with Crippen LogP contribution in [0.3, 0.4) is 0 Å². The predicted molar refractivity (Wildman–Crippen MR) is 82.6 cm³/mol. The zero-order chi connectivity index (χ0) is 14.8. The van der Waals surface area contributed by atoms with Gasteiger partial charge >= 0.3 is 5.97 Å². The highest BCUT2D eigenvalue weighted by molar-refractivity contribution is 6.59. The Bertz CT molecular complexity index is 387. The number of hydrogen-bond donors (Lipinski definition) is 0. The Kier molecular flexibility index (Phi) is 10.1. The van der Waals surface area contributed by atoms with Crippen LogP contribution < -0.4 is 0 Å². The highest BCUT2D eigenvalue weighted by Gasteiger charge is 2.07. The highest BCUT2D eigenvalue weighted by Crippen LogP contribution is 2.21. The third-order valence-corrected chi connectivity index (χ3v) is 3.24. The van der Waals surface area contributed by atoms with Crippen molar-refractivity contribution in [1.82, 2.24) is 0 Å². The monoisotopic (exact) mass is 324 g/mol. The van der Waals surface area contributed by atoms with Crippen LogP contribution >= 0.6 is 34.8 Å². The van der Waals surface area contributed by atoms with Crippen LogP contribution in [0.5, 0.6) is 0 Å². The Morgan fingerprint density at radius 3 is 2.26 bits per heavy atom. The minimum Gasteiger partial charge on any atom is -0.461 e. The second kappa shape index (κ2) is 10.4. The molecule has 0 saturated carbocycles. The minimum absolute atomic E-state index is 0.0950. The first-order valence-electron chi connectivity index (χ1n) is 5.97. The Morgan fingerprint density at radius 1 is 1.11 bits per heavy atom. The summed E-state index contributed by atoms with van der Waals surface area (Å²) in [5.74, 6) is -0.447. The number of esters is 1. The Morgan fingerprint density at radius 2 is 1.74 bits per heavy atom. The predicted octanol–water partition coefficient (Wildman–Crippen LogP) is 5.50. The van der Waals surface area contributed by atoms with Gasteiger partial charge in [-0.1, -0.05) is 52.0 Å². The lowest BCUT2D eigenvalue weighted by atomic mass is 10.1. The third-order valence-electron chi connectivity index (χ3n) is 2.27. The molecule has 0 saturated heterocycles. The van der Waals surface area contributed by atoms with Crippen molar-refractivity contribution in [2.45, 2.75) is 40.0 Å². The normalized spacial score (nSPS) is 10.9. The van der Waals surface area contributed by atoms with Gasteiger partial charge in [-0.2, -0.15) is 0 Å². The number of carbonyl (C=O) groups excluding carboxylic acids is 1. The van der Waals surface area contributed by atoms with Crippen molar-refractivity contribution >= 4 is 40.8 Å². The molecule has 0 aliphatic heterocycles. The van der Waals surface area contributed by atoms with Crippen molar-refractivity contribution in [3.63, 3.8) is 0 Å². The first-order valence-corrected chi connectivity index (χ1v) is 7.10. The van der Waals surface area contributed by atoms with E-state index in [4.69, 9.17) is 39.5 Å². The zero-order valence-corrected chi connectivity index (χ0v) is 13.7. The van der Waals surface area contributed by atoms with Crippen molar-refractivity contribution < 1.29 is 9.53 Å². The summed E-state index contributed by atoms with van der Waals surface area (Å²) in [6, 6.07) is 0. The molecule has 0 aromatic rings. The molecule has 0 N–H and O–H groups in total. The van der Waals surface area contributed by atoms with E-state index in [9.17, 15) is 4.79 Å². The van der Waals surface area contributed by atoms with Gasteiger partial charge in [0.25, 0.3) is 0 Å². The molecule has 0 aromatic carbocycles. The lowest BCUT2D eigenvalue weighted by Crippen LogP contribution is -2.04. The molecule has 108 valence electrons. The van der Waals surface area contributed by atoms with Crippen LogP contribution in [0, 0.1) is 0 Å². The molecular weight excluding hydrogens is 307 g/mol. The van der Waals surface area contributed by atoms with E-state index in [1.54, 1.807) is 0 Å². The molecule has 0 amide bonds. The minimum atomic E-state index is -0.447. The van der Waals surface area contributed by atoms with Crippen LogP contribution in [0.15, 0.2) is 32.8 Å². The molecule has 0 aromatic heterocycles. The Hall–Kier alpha value is -0.440. The zero-order valence-electron chi connectivity index (χ0n) is 11.4. The maximum absolute atomic E-state index is 11.3. The fraction of sp³-hybridized carbons (Fsp3) is 0.500. The van der Waals surface area contributed by atoms with Gasteiger partial charge in [0.1, 0.15) is 11.1 Å². The van der Waals surface area contributed by atoms with Crippen molar-refractivity contribution in [3.8, 4) is 0 Å². The van der Waals surface area contributed by atoms with Crippen molar-refractivity contribution in [2.75, 3.05) is 6.61 Å². The lowest BCUT2D eigenvalue weighted by Gasteiger charge is -2.03. The van der Waals surface area contributed by atoms with Gasteiger partial charge in [-0.3, -0.25) is 4.79 Å². The van der Waals surface area contributed by atoms with E-state index < -0.39 is 5.97 Å². The van der Waals surface area contributed by atoms with E-state index in [2.05, 4.69) is 19.9 Å². The van der Waals surface area contributed by atoms with Gasteiger partial charge in [-0.05, 0) is 39.7 Å². The van der Waals surface area contributed by atoms with E-state index in [1.165, 1.54) is 11.1 Å². The largest absolute Gasteiger partial charge is 0.461 e. The Balaban J connectivity index is 3.98. The molecule has 0 aliphatic rings. The first-order chi connectivity index (χ1) is 8.82. The van der Waals surface area contributed by atoms with E-state index in [0.717, 1.165) is 12.8 Å². The number of carbonyl (C=O) groups is 1. The fourth-order valence-corrected chi connectivity index (χ4v) is 1.45. The summed E-state index contributed by atoms with van der Waals surface area (Å²) in [6.07, 6.45) is 5.91. The summed E-state index contributed by atoms with van der Waals surface area (Å²) < 4.78 is 4.89. The molecule has 0 fully saturated rings. The van der Waals surface area contributed by atoms with Crippen LogP contribution in [0.25, 0.3) is 0 Å². The van der Waals surface area contributed by atoms with E-state index in [-0.39, 0.29) is 22.6 Å². The molecule has 0 bridgehead atoms. The average Bonchev–Trinajstić information content (AvgIpc) is 2.28. The summed E-state index contributed by atoms with van der Waals surface area (Å²) in [5.41, 5.74) is 2.49. The molecule has 0 heterocycles. The molecule has 0 spiro atoms. The first kappa shape index (κ1) is 18.6. The second-order valence-electron chi connectivity index (χ2n) is 4.40. The highest BCUT2D eigenvalue weighted by atomic mass is 35.5. The number of allylic oxidation sites excluding steroid dienone is 3. The number of ether oxygens (including phenoxy) is 1. The maximum atomic E-state index is 11.3. The molecular formula is C14H19Cl3O2. The lowest BCUT2D eigenvalue weighted by molar-refractivity contribution is -0.141. The number of halogens is 3. The van der Waals surface area contributed by atoms with Gasteiger partial charge in [-0.15, -0.1) is 0 Å². The summed E-state index contributed by atoms with van der Waals surface area (Å²) >= 11 is 16.5. The van der Waals surface area contributed by atoms with Crippen molar-refractivity contribution in [3.05, 3.63) is 32.8 Å². The molecule has 2 nitrogen and oxygen atoms in total. The van der Waals surface area contributed by atoms with Crippen LogP contribution in [0.4, 0.5) is 0 Å². The van der Waals surface area contributed by atoms with Gasteiger partial charge < -0.3 is 4.74 Å². The second-order valence-corrected chi connectivity index (χ2v) is 5.80. The molecule has 19 heavy (non-hydrogen) atoms. The summed E-state index contributed by atoms with van der Waals surface area (Å²) in [5, 5.41) is 0.0950. The maximum Gasteiger partial charge on any atom is 0.311 e. The van der Waals surface area contributed by atoms with Gasteiger partial charge in [-0.25, -0.2) is 0 Å². The molecule has 0 aliphatic carbocycles. The van der Waals surface area contributed by atoms with Gasteiger partial charge in [0, 0.05) is 0 Å². The molecule has 0 rings (SSSR count). The van der Waals surface area contributed by atoms with Gasteiger partial charge in [0.05, 0.1) is 11.5 Å². The summed E-state index contributed by atoms with van der Waals surface area (Å²) in [6.45, 7) is 6.39. The van der Waals surface area contributed by atoms with E-state index in [1.807, 2.05) is 13.0 Å². The van der Waals surface area contributed by atoms with Crippen LogP contribution in [0.2, 0.25) is 0 Å². The fourth-order valence-electron chi connectivity index (χ4n) is 1.21. The molecule has 0 atom stereocenters. The number of hydrogen-bond acceptors (Lipinski definition) is 2. The standard InChI is InChI=1S/C14H19Cl3O2/c1-10(2)5-4-6-11(3)7-8-19-13(18)9-12(15)14(16)17/h5,7H,4,6,8-9H2,1-3H3/b11-7+. The van der Waals surface area contributed by atoms with Crippen LogP contribution in [0.1, 0.15) is 40.0 Å². The van der Waals surface area contributed by atoms with Crippen LogP contribution in [-0.2, 0) is 9.53 Å². The summed E-state index contributed by atoms with van der Waals surface area (Å²) in [4.78, 5) is 11.3. The quantitative estimate of drug-likeness (QED) is 0.456. The SMILES string of the molecule is CC(C)=CCC/C(C)=C/COC(=O)CC(Cl)=C(Cl)Cl. The molecule has 5 heteroatoms. The smallest absolute Gasteiger partial charge is 0.311 e. The Labute approximate surface area is 130 Å². The van der Waals surface area contributed by atoms with Gasteiger partial charge in [0.2, 0.25) is 0 Å². The van der Waals surface area contributed by atoms with Crippen molar-refractivity contribution in [1.29, 1.82) is 0 Å². The summed E-state index contributed by atoms with van der Waals surface area (Å²) in [7, 11) is 0. The molecule has 0 radical (unpaired) electrons. The topological polar surface area (TPSA) is 26.3 Å². The van der Waals surface area contributed by atoms with E-state index >= 15 is 0 Å². The van der Waals surface area contributed by atoms with Crippen LogP contribution in [-0.4, -0.2) is 12.6 Å². The van der Waals surface area contributed by atoms with Crippen molar-refractivity contribution in [2.24, 2.45) is 0 Å². The average molecular weight is 326 g/mol. The third kappa shape index (κ3) is 11.1. The molecule has 0 unspecified atom stereocenters. The van der Waals surface area contributed by atoms with E-state index in [0.29, 0.717) is 0 Å². The number of rotatable bonds is 7. The van der Waals surface area contributed by atoms with Gasteiger partial charge in [0.15, 0.2) is 0 Å².